The molecular weight excluding hydrogens is 173 g/mol. The number of rotatable bonds is 3. The molecule has 0 spiro atoms. The Morgan fingerprint density at radius 1 is 1.58 bits per heavy atom. The fourth-order valence-electron chi connectivity index (χ4n) is 0.437. The fraction of sp³-hybridized carbons (Fsp3) is 0.333. The van der Waals surface area contributed by atoms with E-state index >= 15 is 0 Å². The molecule has 0 rings (SSSR count). The van der Waals surface area contributed by atoms with Crippen molar-refractivity contribution >= 4 is 12.4 Å². The molecule has 0 radical (unpaired) electrons. The Hall–Kier alpha value is -0.520. The van der Waals surface area contributed by atoms with Crippen molar-refractivity contribution in [3.8, 4) is 0 Å². The molecule has 0 saturated heterocycles. The van der Waals surface area contributed by atoms with E-state index in [1.165, 1.54) is 7.05 Å². The van der Waals surface area contributed by atoms with Gasteiger partial charge in [-0.05, 0) is 0 Å². The average Bonchev–Trinajstić information content (AvgIpc) is 2.05. The largest absolute Gasteiger partial charge is 1.00 e. The molecule has 0 fully saturated rings. The molecule has 5 nitrogen and oxygen atoms in total. The van der Waals surface area contributed by atoms with Crippen LogP contribution in [0.1, 0.15) is 0 Å². The number of methoxy groups -OCH3 is 1. The average molecular weight is 181 g/mol. The summed E-state index contributed by atoms with van der Waals surface area (Å²) in [4.78, 5) is 21.6. The van der Waals surface area contributed by atoms with Crippen LogP contribution in [0.5, 0.6) is 0 Å². The molecule has 1 amide bonds. The van der Waals surface area contributed by atoms with Crippen LogP contribution in [0.3, 0.4) is 0 Å². The normalized spacial score (nSPS) is 9.67. The minimum atomic E-state index is -0.824. The standard InChI is InChI=1S/C6H9NO4.Na/c1-7(4-9)5(3-8)6(10)11-2;/h3-4,8H,1-2H3;/q;+1/p-1. The van der Waals surface area contributed by atoms with E-state index in [-0.39, 0.29) is 41.5 Å². The van der Waals surface area contributed by atoms with Crippen LogP contribution in [0.2, 0.25) is 0 Å². The topological polar surface area (TPSA) is 69.7 Å². The second-order valence-electron chi connectivity index (χ2n) is 1.71. The van der Waals surface area contributed by atoms with Gasteiger partial charge >= 0.3 is 35.5 Å². The molecule has 0 aliphatic carbocycles. The van der Waals surface area contributed by atoms with Crippen LogP contribution >= 0.6 is 0 Å². The molecule has 12 heavy (non-hydrogen) atoms. The Balaban J connectivity index is 0. The number of carbonyl (C=O) groups excluding carboxylic acids is 2. The predicted molar refractivity (Wildman–Crippen MR) is 33.9 cm³/mol. The maximum absolute atomic E-state index is 10.7. The molecule has 0 N–H and O–H groups in total. The maximum atomic E-state index is 10.7. The minimum Gasteiger partial charge on any atom is -0.876 e. The number of likely N-dealkylation sites (N-methyl/N-ethyl adjacent to an activating group) is 1. The molecule has 0 heterocycles. The molecule has 0 unspecified atom stereocenters. The van der Waals surface area contributed by atoms with E-state index in [4.69, 9.17) is 0 Å². The van der Waals surface area contributed by atoms with Crippen molar-refractivity contribution in [3.05, 3.63) is 12.0 Å². The zero-order valence-electron chi connectivity index (χ0n) is 7.23. The number of esters is 1. The van der Waals surface area contributed by atoms with E-state index in [1.807, 2.05) is 0 Å². The number of amides is 1. The van der Waals surface area contributed by atoms with Crippen LogP contribution in [0.15, 0.2) is 12.0 Å². The van der Waals surface area contributed by atoms with Gasteiger partial charge in [-0.1, -0.05) is 0 Å². The van der Waals surface area contributed by atoms with Gasteiger partial charge in [0.2, 0.25) is 6.41 Å². The maximum Gasteiger partial charge on any atom is 1.00 e. The molecule has 0 saturated carbocycles. The zero-order chi connectivity index (χ0) is 8.85. The SMILES string of the molecule is COC(=O)C(=C[O-])N(C)C=O.[Na+]. The molecule has 0 aliphatic heterocycles. The fourth-order valence-corrected chi connectivity index (χ4v) is 0.437. The van der Waals surface area contributed by atoms with Gasteiger partial charge in [0.1, 0.15) is 5.70 Å². The van der Waals surface area contributed by atoms with Gasteiger partial charge in [0.25, 0.3) is 0 Å². The minimum absolute atomic E-state index is 0. The summed E-state index contributed by atoms with van der Waals surface area (Å²) in [6.07, 6.45) is 0.612. The summed E-state index contributed by atoms with van der Waals surface area (Å²) in [6.45, 7) is 0. The van der Waals surface area contributed by atoms with E-state index in [9.17, 15) is 14.7 Å². The van der Waals surface area contributed by atoms with Gasteiger partial charge in [-0.3, -0.25) is 4.79 Å². The summed E-state index contributed by atoms with van der Waals surface area (Å²) in [5.74, 6) is -0.824. The number of ether oxygens (including phenoxy) is 1. The van der Waals surface area contributed by atoms with Crippen LogP contribution in [-0.4, -0.2) is 31.4 Å². The zero-order valence-corrected chi connectivity index (χ0v) is 9.23. The molecule has 6 heteroatoms. The smallest absolute Gasteiger partial charge is 0.876 e. The van der Waals surface area contributed by atoms with Gasteiger partial charge in [0, 0.05) is 7.05 Å². The van der Waals surface area contributed by atoms with Gasteiger partial charge in [-0.2, -0.15) is 0 Å². The molecule has 62 valence electrons. The molecular formula is C6H8NNaO4. The third kappa shape index (κ3) is 3.75. The number of hydrogen-bond acceptors (Lipinski definition) is 4. The summed E-state index contributed by atoms with van der Waals surface area (Å²) in [6, 6.07) is 0. The van der Waals surface area contributed by atoms with Crippen molar-refractivity contribution in [1.82, 2.24) is 4.90 Å². The van der Waals surface area contributed by atoms with E-state index in [0.717, 1.165) is 12.0 Å². The van der Waals surface area contributed by atoms with E-state index in [1.54, 1.807) is 0 Å². The van der Waals surface area contributed by atoms with Crippen molar-refractivity contribution in [2.24, 2.45) is 0 Å². The first-order valence-electron chi connectivity index (χ1n) is 2.76. The third-order valence-electron chi connectivity index (χ3n) is 1.04. The molecule has 0 aromatic rings. The first-order chi connectivity index (χ1) is 5.17. The van der Waals surface area contributed by atoms with Gasteiger partial charge < -0.3 is 14.7 Å². The van der Waals surface area contributed by atoms with Gasteiger partial charge in [0.05, 0.1) is 7.11 Å². The summed E-state index contributed by atoms with van der Waals surface area (Å²) in [5.41, 5.74) is -0.317. The van der Waals surface area contributed by atoms with Crippen LogP contribution < -0.4 is 34.7 Å². The number of hydrogen-bond donors (Lipinski definition) is 0. The molecule has 0 bridgehead atoms. The summed E-state index contributed by atoms with van der Waals surface area (Å²) in [5, 5.41) is 10.2. The molecule has 0 atom stereocenters. The third-order valence-corrected chi connectivity index (χ3v) is 1.04. The number of nitrogens with zero attached hydrogens (tertiary/aromatic N) is 1. The Labute approximate surface area is 92.3 Å². The Kier molecular flexibility index (Phi) is 8.36. The molecule has 0 aromatic heterocycles. The Morgan fingerprint density at radius 3 is 2.33 bits per heavy atom. The van der Waals surface area contributed by atoms with Crippen LogP contribution in [0, 0.1) is 0 Å². The van der Waals surface area contributed by atoms with Gasteiger partial charge in [-0.25, -0.2) is 4.79 Å². The Morgan fingerprint density at radius 2 is 2.08 bits per heavy atom. The van der Waals surface area contributed by atoms with Crippen molar-refractivity contribution < 1.29 is 49.0 Å². The van der Waals surface area contributed by atoms with Gasteiger partial charge in [0.15, 0.2) is 0 Å². The summed E-state index contributed by atoms with van der Waals surface area (Å²) in [7, 11) is 2.41. The predicted octanol–water partition coefficient (Wildman–Crippen LogP) is -4.55. The monoisotopic (exact) mass is 181 g/mol. The first-order valence-corrected chi connectivity index (χ1v) is 2.76. The van der Waals surface area contributed by atoms with Crippen LogP contribution in [0.4, 0.5) is 0 Å². The number of carbonyl (C=O) groups is 2. The van der Waals surface area contributed by atoms with Gasteiger partial charge in [-0.15, -0.1) is 6.26 Å². The van der Waals surface area contributed by atoms with E-state index in [0.29, 0.717) is 6.41 Å². The van der Waals surface area contributed by atoms with Crippen molar-refractivity contribution in [1.29, 1.82) is 0 Å². The van der Waals surface area contributed by atoms with Crippen LogP contribution in [-0.2, 0) is 14.3 Å². The molecule has 0 aliphatic rings. The van der Waals surface area contributed by atoms with Crippen molar-refractivity contribution in [3.63, 3.8) is 0 Å². The first kappa shape index (κ1) is 14.0. The quantitative estimate of drug-likeness (QED) is 0.144. The molecule has 0 aromatic carbocycles. The van der Waals surface area contributed by atoms with Crippen molar-refractivity contribution in [2.45, 2.75) is 0 Å². The second-order valence-corrected chi connectivity index (χ2v) is 1.71. The Bertz CT molecular complexity index is 192. The second kappa shape index (κ2) is 7.15. The van der Waals surface area contributed by atoms with Crippen LogP contribution in [0.25, 0.3) is 0 Å². The summed E-state index contributed by atoms with van der Waals surface area (Å²) < 4.78 is 4.22. The summed E-state index contributed by atoms with van der Waals surface area (Å²) >= 11 is 0. The van der Waals surface area contributed by atoms with Crippen molar-refractivity contribution in [2.75, 3.05) is 14.2 Å². The van der Waals surface area contributed by atoms with E-state index in [2.05, 4.69) is 4.74 Å². The van der Waals surface area contributed by atoms with E-state index < -0.39 is 5.97 Å².